The Labute approximate surface area is 142 Å². The van der Waals surface area contributed by atoms with E-state index in [1.807, 2.05) is 37.3 Å². The van der Waals surface area contributed by atoms with Crippen LogP contribution < -0.4 is 0 Å². The van der Waals surface area contributed by atoms with E-state index in [0.717, 1.165) is 11.8 Å². The molecule has 1 N–H and O–H groups in total. The second-order valence-electron chi connectivity index (χ2n) is 6.19. The maximum Gasteiger partial charge on any atom is 0.407 e. The first kappa shape index (κ1) is 18.7. The van der Waals surface area contributed by atoms with Crippen LogP contribution in [0.4, 0.5) is 4.79 Å². The van der Waals surface area contributed by atoms with Crippen molar-refractivity contribution in [2.75, 3.05) is 26.5 Å². The summed E-state index contributed by atoms with van der Waals surface area (Å²) in [6.45, 7) is 1.80. The van der Waals surface area contributed by atoms with E-state index in [2.05, 4.69) is 0 Å². The number of nitrogens with zero attached hydrogens (tertiary/aromatic N) is 1. The zero-order chi connectivity index (χ0) is 18.0. The minimum absolute atomic E-state index is 0.174. The molecule has 1 aliphatic rings. The summed E-state index contributed by atoms with van der Waals surface area (Å²) in [5, 5.41) is 9.65. The third kappa shape index (κ3) is 3.88. The van der Waals surface area contributed by atoms with Gasteiger partial charge in [-0.25, -0.2) is 4.79 Å². The van der Waals surface area contributed by atoms with E-state index in [9.17, 15) is 18.3 Å². The lowest BCUT2D eigenvalue weighted by atomic mass is 9.80. The van der Waals surface area contributed by atoms with Crippen LogP contribution in [0.1, 0.15) is 12.5 Å². The zero-order valence-corrected chi connectivity index (χ0v) is 14.8. The summed E-state index contributed by atoms with van der Waals surface area (Å²) in [7, 11) is -2.17. The maximum absolute atomic E-state index is 11.8. The molecule has 0 saturated carbocycles. The molecule has 1 aliphatic heterocycles. The van der Waals surface area contributed by atoms with E-state index < -0.39 is 21.8 Å². The van der Waals surface area contributed by atoms with Gasteiger partial charge in [-0.2, -0.15) is 8.42 Å². The molecule has 134 valence electrons. The summed E-state index contributed by atoms with van der Waals surface area (Å²) in [6.07, 6.45) is -0.138. The number of benzene rings is 1. The van der Waals surface area contributed by atoms with Gasteiger partial charge < -0.3 is 9.84 Å². The molecule has 0 radical (unpaired) electrons. The quantitative estimate of drug-likeness (QED) is 0.777. The van der Waals surface area contributed by atoms with Crippen molar-refractivity contribution in [2.24, 2.45) is 5.92 Å². The number of hydrogen-bond acceptors (Lipinski definition) is 5. The summed E-state index contributed by atoms with van der Waals surface area (Å²) < 4.78 is 33.5. The first-order valence-electron chi connectivity index (χ1n) is 7.61. The Hall–Kier alpha value is -1.64. The highest BCUT2D eigenvalue weighted by Gasteiger charge is 2.54. The van der Waals surface area contributed by atoms with Crippen LogP contribution in [-0.2, 0) is 25.5 Å². The number of carboxylic acid groups (broad SMARTS) is 1. The van der Waals surface area contributed by atoms with Gasteiger partial charge in [0.05, 0.1) is 31.1 Å². The van der Waals surface area contributed by atoms with E-state index in [-0.39, 0.29) is 25.2 Å². The van der Waals surface area contributed by atoms with Gasteiger partial charge in [0.1, 0.15) is 0 Å². The van der Waals surface area contributed by atoms with Gasteiger partial charge in [-0.3, -0.25) is 9.08 Å². The summed E-state index contributed by atoms with van der Waals surface area (Å²) in [6, 6.07) is 9.36. The molecule has 0 aliphatic carbocycles. The number of hydrogen-bond donors (Lipinski definition) is 1. The Balaban J connectivity index is 2.44. The van der Waals surface area contributed by atoms with Gasteiger partial charge in [0.2, 0.25) is 0 Å². The molecule has 1 aromatic rings. The lowest BCUT2D eigenvalue weighted by Gasteiger charge is -2.39. The largest absolute Gasteiger partial charge is 0.465 e. The number of ether oxygens (including phenoxy) is 1. The molecular weight excluding hydrogens is 334 g/mol. The molecule has 1 heterocycles. The molecule has 0 aromatic heterocycles. The summed E-state index contributed by atoms with van der Waals surface area (Å²) in [4.78, 5) is 13.1. The van der Waals surface area contributed by atoms with Crippen molar-refractivity contribution in [1.82, 2.24) is 4.90 Å². The van der Waals surface area contributed by atoms with Crippen molar-refractivity contribution < 1.29 is 27.2 Å². The standard InChI is InChI=1S/C16H23NO6S/c1-12-14(22-2)10-17(15(18)19)16(12,11-23-24(3,20)21)9-13-7-5-4-6-8-13/h4-8,12,14H,9-11H2,1-3H3,(H,18,19)/t12-,14+,16+/m1/s1. The van der Waals surface area contributed by atoms with E-state index >= 15 is 0 Å². The summed E-state index contributed by atoms with van der Waals surface area (Å²) in [5.41, 5.74) is -0.110. The number of carbonyl (C=O) groups is 1. The van der Waals surface area contributed by atoms with Crippen LogP contribution >= 0.6 is 0 Å². The van der Waals surface area contributed by atoms with Crippen LogP contribution in [0.5, 0.6) is 0 Å². The molecule has 0 spiro atoms. The zero-order valence-electron chi connectivity index (χ0n) is 14.0. The Kier molecular flexibility index (Phi) is 5.52. The van der Waals surface area contributed by atoms with Crippen LogP contribution in [0, 0.1) is 5.92 Å². The van der Waals surface area contributed by atoms with Gasteiger partial charge in [0, 0.05) is 13.0 Å². The molecular formula is C16H23NO6S. The van der Waals surface area contributed by atoms with Crippen LogP contribution in [0.2, 0.25) is 0 Å². The van der Waals surface area contributed by atoms with Crippen molar-refractivity contribution in [1.29, 1.82) is 0 Å². The minimum Gasteiger partial charge on any atom is -0.465 e. The predicted octanol–water partition coefficient (Wildman–Crippen LogP) is 1.59. The number of rotatable bonds is 6. The highest BCUT2D eigenvalue weighted by atomic mass is 32.2. The molecule has 1 amide bonds. The smallest absolute Gasteiger partial charge is 0.407 e. The fourth-order valence-electron chi connectivity index (χ4n) is 3.33. The Morgan fingerprint density at radius 1 is 1.38 bits per heavy atom. The fraction of sp³-hybridized carbons (Fsp3) is 0.562. The first-order chi connectivity index (χ1) is 11.2. The fourth-order valence-corrected chi connectivity index (χ4v) is 3.75. The number of methoxy groups -OCH3 is 1. The minimum atomic E-state index is -3.70. The van der Waals surface area contributed by atoms with E-state index in [0.29, 0.717) is 6.42 Å². The van der Waals surface area contributed by atoms with Crippen LogP contribution in [0.25, 0.3) is 0 Å². The van der Waals surface area contributed by atoms with Gasteiger partial charge in [-0.15, -0.1) is 0 Å². The first-order valence-corrected chi connectivity index (χ1v) is 9.43. The van der Waals surface area contributed by atoms with E-state index in [1.165, 1.54) is 12.0 Å². The van der Waals surface area contributed by atoms with E-state index in [1.54, 1.807) is 0 Å². The van der Waals surface area contributed by atoms with E-state index in [4.69, 9.17) is 8.92 Å². The molecule has 2 rings (SSSR count). The highest BCUT2D eigenvalue weighted by Crippen LogP contribution is 2.40. The third-order valence-corrected chi connectivity index (χ3v) is 5.26. The molecule has 1 fully saturated rings. The van der Waals surface area contributed by atoms with Gasteiger partial charge in [0.25, 0.3) is 10.1 Å². The molecule has 1 aromatic carbocycles. The molecule has 1 saturated heterocycles. The van der Waals surface area contributed by atoms with Gasteiger partial charge in [-0.1, -0.05) is 37.3 Å². The second-order valence-corrected chi connectivity index (χ2v) is 7.83. The maximum atomic E-state index is 11.8. The van der Waals surface area contributed by atoms with Crippen molar-refractivity contribution in [3.05, 3.63) is 35.9 Å². The monoisotopic (exact) mass is 357 g/mol. The summed E-state index contributed by atoms with van der Waals surface area (Å²) >= 11 is 0. The van der Waals surface area contributed by atoms with Crippen molar-refractivity contribution in [3.8, 4) is 0 Å². The lowest BCUT2D eigenvalue weighted by Crippen LogP contribution is -2.55. The van der Waals surface area contributed by atoms with Crippen LogP contribution in [0.3, 0.4) is 0 Å². The highest BCUT2D eigenvalue weighted by molar-refractivity contribution is 7.85. The number of likely N-dealkylation sites (tertiary alicyclic amines) is 1. The Morgan fingerprint density at radius 3 is 2.50 bits per heavy atom. The SMILES string of the molecule is CO[C@H]1CN(C(=O)O)[C@](COS(C)(=O)=O)(Cc2ccccc2)[C@@H]1C. The molecule has 3 atom stereocenters. The van der Waals surface area contributed by atoms with Gasteiger partial charge in [0.15, 0.2) is 0 Å². The summed E-state index contributed by atoms with van der Waals surface area (Å²) in [5.74, 6) is -0.236. The number of amides is 1. The van der Waals surface area contributed by atoms with Gasteiger partial charge in [-0.05, 0) is 12.0 Å². The van der Waals surface area contributed by atoms with Crippen molar-refractivity contribution in [2.45, 2.75) is 25.0 Å². The van der Waals surface area contributed by atoms with Crippen LogP contribution in [0.15, 0.2) is 30.3 Å². The van der Waals surface area contributed by atoms with Crippen LogP contribution in [-0.4, -0.2) is 62.7 Å². The average molecular weight is 357 g/mol. The molecule has 8 heteroatoms. The van der Waals surface area contributed by atoms with Gasteiger partial charge >= 0.3 is 6.09 Å². The topological polar surface area (TPSA) is 93.1 Å². The third-order valence-electron chi connectivity index (χ3n) is 4.72. The Bertz CT molecular complexity index is 677. The van der Waals surface area contributed by atoms with Crippen molar-refractivity contribution in [3.63, 3.8) is 0 Å². The molecule has 0 unspecified atom stereocenters. The lowest BCUT2D eigenvalue weighted by molar-refractivity contribution is 0.0374. The molecule has 0 bridgehead atoms. The second kappa shape index (κ2) is 7.08. The normalized spacial score (nSPS) is 27.4. The average Bonchev–Trinajstić information content (AvgIpc) is 2.79. The molecule has 7 nitrogen and oxygen atoms in total. The Morgan fingerprint density at radius 2 is 2.00 bits per heavy atom. The predicted molar refractivity (Wildman–Crippen MR) is 88.4 cm³/mol. The van der Waals surface area contributed by atoms with Crippen molar-refractivity contribution >= 4 is 16.2 Å². The molecule has 24 heavy (non-hydrogen) atoms.